The molecule has 0 saturated heterocycles. The van der Waals surface area contributed by atoms with Gasteiger partial charge in [-0.3, -0.25) is 0 Å². The van der Waals surface area contributed by atoms with Gasteiger partial charge in [-0.25, -0.2) is 0 Å². The smallest absolute Gasteiger partial charge is 0.115 e. The summed E-state index contributed by atoms with van der Waals surface area (Å²) in [5.74, 6) is 4.77. The Morgan fingerprint density at radius 3 is 2.65 bits per heavy atom. The lowest BCUT2D eigenvalue weighted by atomic mass is 9.73. The molecule has 2 saturated carbocycles. The quantitative estimate of drug-likeness (QED) is 0.724. The summed E-state index contributed by atoms with van der Waals surface area (Å²) < 4.78 is 0. The number of hydrogen-bond donors (Lipinski definition) is 1. The first-order valence-electron chi connectivity index (χ1n) is 6.78. The lowest BCUT2D eigenvalue weighted by Gasteiger charge is -2.31. The van der Waals surface area contributed by atoms with Crippen LogP contribution in [0.25, 0.3) is 0 Å². The summed E-state index contributed by atoms with van der Waals surface area (Å²) in [6.07, 6.45) is 9.01. The highest BCUT2D eigenvalue weighted by Crippen LogP contribution is 2.61. The van der Waals surface area contributed by atoms with Crippen molar-refractivity contribution in [3.05, 3.63) is 42.0 Å². The molecule has 17 heavy (non-hydrogen) atoms. The van der Waals surface area contributed by atoms with Crippen molar-refractivity contribution in [3.8, 4) is 5.75 Å². The number of aromatic hydroxyl groups is 1. The molecule has 0 aromatic heterocycles. The van der Waals surface area contributed by atoms with E-state index >= 15 is 0 Å². The Morgan fingerprint density at radius 2 is 1.82 bits per heavy atom. The summed E-state index contributed by atoms with van der Waals surface area (Å²) in [7, 11) is 0. The van der Waals surface area contributed by atoms with Gasteiger partial charge >= 0.3 is 0 Å². The Balaban J connectivity index is 1.65. The van der Waals surface area contributed by atoms with E-state index in [4.69, 9.17) is 0 Å². The zero-order valence-corrected chi connectivity index (χ0v) is 9.92. The molecular formula is C16H18O. The average molecular weight is 226 g/mol. The van der Waals surface area contributed by atoms with Gasteiger partial charge in [-0.2, -0.15) is 0 Å². The molecule has 5 atom stereocenters. The van der Waals surface area contributed by atoms with Gasteiger partial charge < -0.3 is 5.11 Å². The van der Waals surface area contributed by atoms with E-state index in [0.29, 0.717) is 5.75 Å². The van der Waals surface area contributed by atoms with Crippen LogP contribution in [0.1, 0.15) is 30.7 Å². The lowest BCUT2D eigenvalue weighted by molar-refractivity contribution is 0.257. The minimum Gasteiger partial charge on any atom is -0.508 e. The number of rotatable bonds is 1. The molecule has 0 heterocycles. The third-order valence-electron chi connectivity index (χ3n) is 5.33. The predicted octanol–water partition coefficient (Wildman–Crippen LogP) is 3.71. The van der Waals surface area contributed by atoms with E-state index < -0.39 is 0 Å². The van der Waals surface area contributed by atoms with Crippen LogP contribution >= 0.6 is 0 Å². The van der Waals surface area contributed by atoms with Gasteiger partial charge in [-0.1, -0.05) is 24.3 Å². The largest absolute Gasteiger partial charge is 0.508 e. The van der Waals surface area contributed by atoms with Crippen molar-refractivity contribution in [2.45, 2.75) is 25.2 Å². The van der Waals surface area contributed by atoms with E-state index in [2.05, 4.69) is 24.3 Å². The maximum absolute atomic E-state index is 9.37. The summed E-state index contributed by atoms with van der Waals surface area (Å²) in [6.45, 7) is 0. The highest BCUT2D eigenvalue weighted by Gasteiger charge is 2.52. The lowest BCUT2D eigenvalue weighted by Crippen LogP contribution is -2.23. The van der Waals surface area contributed by atoms with E-state index in [1.54, 1.807) is 0 Å². The highest BCUT2D eigenvalue weighted by molar-refractivity contribution is 5.31. The molecule has 0 amide bonds. The van der Waals surface area contributed by atoms with Gasteiger partial charge in [0, 0.05) is 0 Å². The van der Waals surface area contributed by atoms with Crippen LogP contribution in [-0.2, 0) is 0 Å². The average Bonchev–Trinajstić information content (AvgIpc) is 3.02. The van der Waals surface area contributed by atoms with E-state index in [9.17, 15) is 5.11 Å². The van der Waals surface area contributed by atoms with Crippen molar-refractivity contribution >= 4 is 0 Å². The molecule has 1 nitrogen and oxygen atoms in total. The van der Waals surface area contributed by atoms with Gasteiger partial charge in [0.1, 0.15) is 5.75 Å². The maximum Gasteiger partial charge on any atom is 0.115 e. The summed E-state index contributed by atoms with van der Waals surface area (Å²) in [4.78, 5) is 0. The van der Waals surface area contributed by atoms with E-state index in [1.807, 2.05) is 12.1 Å². The van der Waals surface area contributed by atoms with Crippen molar-refractivity contribution in [1.82, 2.24) is 0 Å². The van der Waals surface area contributed by atoms with Crippen LogP contribution < -0.4 is 0 Å². The fourth-order valence-electron chi connectivity index (χ4n) is 4.65. The molecular weight excluding hydrogens is 208 g/mol. The molecule has 88 valence electrons. The third kappa shape index (κ3) is 1.31. The standard InChI is InChI=1S/C16H18O/c17-12-6-4-10(5-7-12)15-8-11-9-16(15)14-3-1-2-13(11)14/h1,3-7,11,13-17H,2,8-9H2. The Labute approximate surface area is 102 Å². The Kier molecular flexibility index (Phi) is 1.94. The Hall–Kier alpha value is -1.24. The molecule has 1 heteroatoms. The molecule has 1 aromatic carbocycles. The maximum atomic E-state index is 9.37. The predicted molar refractivity (Wildman–Crippen MR) is 67.8 cm³/mol. The topological polar surface area (TPSA) is 20.2 Å². The van der Waals surface area contributed by atoms with Crippen LogP contribution in [0.2, 0.25) is 0 Å². The van der Waals surface area contributed by atoms with Crippen LogP contribution in [0, 0.1) is 23.7 Å². The molecule has 3 aliphatic carbocycles. The number of fused-ring (bicyclic) bond motifs is 5. The van der Waals surface area contributed by atoms with Crippen molar-refractivity contribution in [3.63, 3.8) is 0 Å². The first-order chi connectivity index (χ1) is 8.33. The highest BCUT2D eigenvalue weighted by atomic mass is 16.3. The van der Waals surface area contributed by atoms with Crippen molar-refractivity contribution in [1.29, 1.82) is 0 Å². The summed E-state index contributed by atoms with van der Waals surface area (Å²) in [5.41, 5.74) is 1.44. The van der Waals surface area contributed by atoms with E-state index in [1.165, 1.54) is 24.8 Å². The second-order valence-corrected chi connectivity index (χ2v) is 6.00. The van der Waals surface area contributed by atoms with Crippen molar-refractivity contribution < 1.29 is 5.11 Å². The summed E-state index contributed by atoms with van der Waals surface area (Å²) in [5, 5.41) is 9.37. The zero-order valence-electron chi connectivity index (χ0n) is 9.92. The molecule has 3 aliphatic rings. The number of phenolic OH excluding ortho intramolecular Hbond substituents is 1. The molecule has 2 fully saturated rings. The van der Waals surface area contributed by atoms with Crippen LogP contribution in [0.15, 0.2) is 36.4 Å². The van der Waals surface area contributed by atoms with Crippen LogP contribution in [0.4, 0.5) is 0 Å². The van der Waals surface area contributed by atoms with E-state index in [0.717, 1.165) is 29.6 Å². The number of phenols is 1. The molecule has 0 aliphatic heterocycles. The van der Waals surface area contributed by atoms with Crippen LogP contribution in [0.3, 0.4) is 0 Å². The van der Waals surface area contributed by atoms with E-state index in [-0.39, 0.29) is 0 Å². The fraction of sp³-hybridized carbons (Fsp3) is 0.500. The minimum absolute atomic E-state index is 0.385. The number of benzene rings is 1. The van der Waals surface area contributed by atoms with Gasteiger partial charge in [-0.15, -0.1) is 0 Å². The molecule has 5 unspecified atom stereocenters. The SMILES string of the molecule is Oc1ccc(C2CC3CC2C2C=CCC32)cc1. The van der Waals surface area contributed by atoms with Crippen molar-refractivity contribution in [2.75, 3.05) is 0 Å². The normalized spacial score (nSPS) is 42.0. The molecule has 1 aromatic rings. The second kappa shape index (κ2) is 3.38. The Bertz CT molecular complexity index is 459. The molecule has 0 radical (unpaired) electrons. The van der Waals surface area contributed by atoms with Gasteiger partial charge in [0.25, 0.3) is 0 Å². The third-order valence-corrected chi connectivity index (χ3v) is 5.33. The monoisotopic (exact) mass is 226 g/mol. The summed E-state index contributed by atoms with van der Waals surface area (Å²) >= 11 is 0. The minimum atomic E-state index is 0.385. The number of allylic oxidation sites excluding steroid dienone is 2. The number of hydrogen-bond acceptors (Lipinski definition) is 1. The van der Waals surface area contributed by atoms with Gasteiger partial charge in [0.05, 0.1) is 0 Å². The first-order valence-corrected chi connectivity index (χ1v) is 6.78. The molecule has 0 spiro atoms. The zero-order chi connectivity index (χ0) is 11.4. The fourth-order valence-corrected chi connectivity index (χ4v) is 4.65. The summed E-state index contributed by atoms with van der Waals surface area (Å²) in [6, 6.07) is 7.91. The Morgan fingerprint density at radius 1 is 1.00 bits per heavy atom. The van der Waals surface area contributed by atoms with Gasteiger partial charge in [0.2, 0.25) is 0 Å². The van der Waals surface area contributed by atoms with Crippen LogP contribution in [0.5, 0.6) is 5.75 Å². The van der Waals surface area contributed by atoms with Crippen LogP contribution in [-0.4, -0.2) is 5.11 Å². The van der Waals surface area contributed by atoms with Gasteiger partial charge in [0.15, 0.2) is 0 Å². The second-order valence-electron chi connectivity index (χ2n) is 6.00. The van der Waals surface area contributed by atoms with Crippen molar-refractivity contribution in [2.24, 2.45) is 23.7 Å². The molecule has 2 bridgehead atoms. The molecule has 4 rings (SSSR count). The van der Waals surface area contributed by atoms with Gasteiger partial charge in [-0.05, 0) is 66.5 Å². The molecule has 1 N–H and O–H groups in total. The first kappa shape index (κ1) is 9.76.